The molecule has 0 spiro atoms. The molecule has 0 aromatic carbocycles. The maximum atomic E-state index is 10.5. The van der Waals surface area contributed by atoms with Crippen molar-refractivity contribution in [3.8, 4) is 0 Å². The van der Waals surface area contributed by atoms with Crippen LogP contribution in [0.4, 0.5) is 0 Å². The quantitative estimate of drug-likeness (QED) is 0.488. The molecule has 1 radical (unpaired) electrons. The molecule has 0 heterocycles. The highest BCUT2D eigenvalue weighted by Crippen LogP contribution is 2.12. The molecule has 0 aliphatic heterocycles. The summed E-state index contributed by atoms with van der Waals surface area (Å²) >= 11 is 0. The maximum absolute atomic E-state index is 10.5. The van der Waals surface area contributed by atoms with Crippen LogP contribution in [0.1, 0.15) is 39.0 Å². The molecule has 1 fully saturated rings. The van der Waals surface area contributed by atoms with Crippen LogP contribution in [0.25, 0.3) is 0 Å². The lowest BCUT2D eigenvalue weighted by molar-refractivity contribution is -0.120. The third kappa shape index (κ3) is 4.19. The second-order valence-corrected chi connectivity index (χ2v) is 2.10. The van der Waals surface area contributed by atoms with E-state index < -0.39 is 0 Å². The first-order valence-corrected chi connectivity index (χ1v) is 3.62. The number of hydrogen-bond acceptors (Lipinski definition) is 1. The Morgan fingerprint density at radius 3 is 1.78 bits per heavy atom. The van der Waals surface area contributed by atoms with Gasteiger partial charge in [-0.2, -0.15) is 0 Å². The Morgan fingerprint density at radius 1 is 1.11 bits per heavy atom. The van der Waals surface area contributed by atoms with Gasteiger partial charge in [0, 0.05) is 12.8 Å². The first-order chi connectivity index (χ1) is 4.39. The first-order valence-electron chi connectivity index (χ1n) is 3.62. The first kappa shape index (κ1) is 8.67. The number of carbonyl (C=O) groups is 1. The van der Waals surface area contributed by atoms with Crippen molar-refractivity contribution >= 4 is 5.78 Å². The van der Waals surface area contributed by atoms with Gasteiger partial charge in [-0.15, -0.1) is 0 Å². The minimum Gasteiger partial charge on any atom is -0.300 e. The van der Waals surface area contributed by atoms with Gasteiger partial charge in [0.15, 0.2) is 0 Å². The average Bonchev–Trinajstić information content (AvgIpc) is 1.94. The summed E-state index contributed by atoms with van der Waals surface area (Å²) in [6.45, 7) is 5.00. The normalized spacial score (nSPS) is 18.2. The third-order valence-corrected chi connectivity index (χ3v) is 1.41. The molecular formula is C8H15O. The van der Waals surface area contributed by atoms with Gasteiger partial charge in [-0.05, 0) is 12.8 Å². The topological polar surface area (TPSA) is 17.1 Å². The number of Topliss-reactive ketones (excluding diaryl/α,β-unsaturated/α-hetero) is 1. The van der Waals surface area contributed by atoms with Crippen LogP contribution in [0.3, 0.4) is 0 Å². The van der Waals surface area contributed by atoms with E-state index in [0.717, 1.165) is 25.7 Å². The Labute approximate surface area is 57.5 Å². The SMILES string of the molecule is O=C1CCCCC1.[CH2]C. The predicted octanol–water partition coefficient (Wildman–Crippen LogP) is 2.36. The third-order valence-electron chi connectivity index (χ3n) is 1.41. The zero-order valence-corrected chi connectivity index (χ0v) is 6.15. The van der Waals surface area contributed by atoms with Crippen LogP contribution in [0.5, 0.6) is 0 Å². The van der Waals surface area contributed by atoms with Crippen LogP contribution in [-0.2, 0) is 4.79 Å². The number of carbonyl (C=O) groups excluding carboxylic acids is 1. The molecule has 0 N–H and O–H groups in total. The van der Waals surface area contributed by atoms with Crippen molar-refractivity contribution in [3.63, 3.8) is 0 Å². The van der Waals surface area contributed by atoms with Crippen LogP contribution in [0.2, 0.25) is 0 Å². The lowest BCUT2D eigenvalue weighted by atomic mass is 10.00. The van der Waals surface area contributed by atoms with E-state index in [2.05, 4.69) is 6.92 Å². The number of rotatable bonds is 0. The van der Waals surface area contributed by atoms with Crippen LogP contribution < -0.4 is 0 Å². The van der Waals surface area contributed by atoms with E-state index in [0.29, 0.717) is 5.78 Å². The Morgan fingerprint density at radius 2 is 1.56 bits per heavy atom. The summed E-state index contributed by atoms with van der Waals surface area (Å²) < 4.78 is 0. The van der Waals surface area contributed by atoms with Crippen LogP contribution >= 0.6 is 0 Å². The van der Waals surface area contributed by atoms with Gasteiger partial charge in [0.25, 0.3) is 0 Å². The highest BCUT2D eigenvalue weighted by molar-refractivity contribution is 5.78. The van der Waals surface area contributed by atoms with E-state index in [9.17, 15) is 4.79 Å². The molecule has 1 saturated carbocycles. The fourth-order valence-electron chi connectivity index (χ4n) is 0.946. The van der Waals surface area contributed by atoms with Crippen molar-refractivity contribution in [1.29, 1.82) is 0 Å². The predicted molar refractivity (Wildman–Crippen MR) is 39.1 cm³/mol. The minimum absolute atomic E-state index is 0.464. The molecule has 1 heteroatoms. The van der Waals surface area contributed by atoms with Gasteiger partial charge in [0.2, 0.25) is 0 Å². The summed E-state index contributed by atoms with van der Waals surface area (Å²) in [6, 6.07) is 0. The van der Waals surface area contributed by atoms with Gasteiger partial charge in [0.1, 0.15) is 5.78 Å². The molecule has 0 bridgehead atoms. The Kier molecular flexibility index (Phi) is 5.59. The molecule has 9 heavy (non-hydrogen) atoms. The fraction of sp³-hybridized carbons (Fsp3) is 0.750. The molecule has 53 valence electrons. The van der Waals surface area contributed by atoms with Crippen molar-refractivity contribution < 1.29 is 4.79 Å². The summed E-state index contributed by atoms with van der Waals surface area (Å²) in [5.41, 5.74) is 0. The van der Waals surface area contributed by atoms with E-state index in [-0.39, 0.29) is 0 Å². The second-order valence-electron chi connectivity index (χ2n) is 2.10. The van der Waals surface area contributed by atoms with Crippen molar-refractivity contribution in [2.45, 2.75) is 39.0 Å². The van der Waals surface area contributed by atoms with E-state index in [1.54, 1.807) is 6.92 Å². The van der Waals surface area contributed by atoms with Crippen LogP contribution in [-0.4, -0.2) is 5.78 Å². The van der Waals surface area contributed by atoms with Crippen molar-refractivity contribution in [2.24, 2.45) is 0 Å². The molecule has 0 aromatic heterocycles. The number of ketones is 1. The fourth-order valence-corrected chi connectivity index (χ4v) is 0.946. The van der Waals surface area contributed by atoms with Gasteiger partial charge in [-0.3, -0.25) is 4.79 Å². The largest absolute Gasteiger partial charge is 0.300 e. The Hall–Kier alpha value is -0.330. The summed E-state index contributed by atoms with van der Waals surface area (Å²) in [6.07, 6.45) is 5.24. The molecule has 0 amide bonds. The summed E-state index contributed by atoms with van der Waals surface area (Å²) in [7, 11) is 0. The van der Waals surface area contributed by atoms with Crippen LogP contribution in [0.15, 0.2) is 0 Å². The molecule has 0 aromatic rings. The number of hydrogen-bond donors (Lipinski definition) is 0. The average molecular weight is 127 g/mol. The van der Waals surface area contributed by atoms with E-state index in [1.807, 2.05) is 0 Å². The Balaban J connectivity index is 0.000000291. The minimum atomic E-state index is 0.464. The Bertz CT molecular complexity index is 68.6. The molecule has 0 atom stereocenters. The van der Waals surface area contributed by atoms with Gasteiger partial charge in [-0.25, -0.2) is 0 Å². The zero-order valence-electron chi connectivity index (χ0n) is 6.15. The van der Waals surface area contributed by atoms with Gasteiger partial charge in [0.05, 0.1) is 0 Å². The van der Waals surface area contributed by atoms with Crippen LogP contribution in [0, 0.1) is 6.92 Å². The molecule has 1 rings (SSSR count). The highest BCUT2D eigenvalue weighted by atomic mass is 16.1. The lowest BCUT2D eigenvalue weighted by Gasteiger charge is -2.05. The molecule has 1 aliphatic carbocycles. The van der Waals surface area contributed by atoms with Crippen molar-refractivity contribution in [1.82, 2.24) is 0 Å². The molecule has 1 nitrogen and oxygen atoms in total. The highest BCUT2D eigenvalue weighted by Gasteiger charge is 2.05. The van der Waals surface area contributed by atoms with E-state index >= 15 is 0 Å². The van der Waals surface area contributed by atoms with E-state index in [1.165, 1.54) is 6.42 Å². The van der Waals surface area contributed by atoms with Gasteiger partial charge >= 0.3 is 0 Å². The molecule has 1 aliphatic rings. The summed E-state index contributed by atoms with van der Waals surface area (Å²) in [5.74, 6) is 0.464. The summed E-state index contributed by atoms with van der Waals surface area (Å²) in [4.78, 5) is 10.5. The molecular weight excluding hydrogens is 112 g/mol. The standard InChI is InChI=1S/C6H10O.C2H5/c7-6-4-2-1-3-5-6;1-2/h1-5H2;1H2,2H3. The molecule has 0 unspecified atom stereocenters. The van der Waals surface area contributed by atoms with Crippen molar-refractivity contribution in [2.75, 3.05) is 0 Å². The summed E-state index contributed by atoms with van der Waals surface area (Å²) in [5, 5.41) is 0. The zero-order chi connectivity index (χ0) is 7.11. The van der Waals surface area contributed by atoms with E-state index in [4.69, 9.17) is 0 Å². The monoisotopic (exact) mass is 127 g/mol. The van der Waals surface area contributed by atoms with Crippen molar-refractivity contribution in [3.05, 3.63) is 6.92 Å². The lowest BCUT2D eigenvalue weighted by Crippen LogP contribution is -2.02. The maximum Gasteiger partial charge on any atom is 0.132 e. The van der Waals surface area contributed by atoms with Gasteiger partial charge < -0.3 is 0 Å². The van der Waals surface area contributed by atoms with Gasteiger partial charge in [-0.1, -0.05) is 20.3 Å². The molecule has 0 saturated heterocycles. The second kappa shape index (κ2) is 5.80. The smallest absolute Gasteiger partial charge is 0.132 e.